The second-order valence-corrected chi connectivity index (χ2v) is 5.96. The second-order valence-electron chi connectivity index (χ2n) is 5.96. The molecule has 2 rings (SSSR count). The standard InChI is InChI=1S/C15H26N2O3/c18-12-15(20)17-10-8-16(9-11-17)14(19)7-6-13-4-2-1-3-5-13/h13,18H,1-12H2. The zero-order chi connectivity index (χ0) is 14.4. The van der Waals surface area contributed by atoms with Gasteiger partial charge in [0.05, 0.1) is 0 Å². The van der Waals surface area contributed by atoms with Crippen LogP contribution in [-0.4, -0.2) is 59.5 Å². The molecule has 0 spiro atoms. The van der Waals surface area contributed by atoms with Crippen LogP contribution in [-0.2, 0) is 9.59 Å². The molecular weight excluding hydrogens is 256 g/mol. The average Bonchev–Trinajstić information content (AvgIpc) is 2.53. The van der Waals surface area contributed by atoms with E-state index in [1.165, 1.54) is 32.1 Å². The molecule has 0 unspecified atom stereocenters. The summed E-state index contributed by atoms with van der Waals surface area (Å²) in [7, 11) is 0. The third-order valence-electron chi connectivity index (χ3n) is 4.61. The predicted molar refractivity (Wildman–Crippen MR) is 76.1 cm³/mol. The maximum Gasteiger partial charge on any atom is 0.248 e. The van der Waals surface area contributed by atoms with E-state index >= 15 is 0 Å². The van der Waals surface area contributed by atoms with E-state index in [0.717, 1.165) is 12.3 Å². The zero-order valence-electron chi connectivity index (χ0n) is 12.2. The number of carbonyl (C=O) groups is 2. The average molecular weight is 282 g/mol. The number of aliphatic hydroxyl groups is 1. The van der Waals surface area contributed by atoms with E-state index in [4.69, 9.17) is 5.11 Å². The van der Waals surface area contributed by atoms with Crippen molar-refractivity contribution >= 4 is 11.8 Å². The van der Waals surface area contributed by atoms with Crippen molar-refractivity contribution < 1.29 is 14.7 Å². The van der Waals surface area contributed by atoms with Crippen LogP contribution >= 0.6 is 0 Å². The van der Waals surface area contributed by atoms with Crippen LogP contribution in [0, 0.1) is 5.92 Å². The number of hydrogen-bond donors (Lipinski definition) is 1. The van der Waals surface area contributed by atoms with Crippen molar-refractivity contribution in [3.8, 4) is 0 Å². The predicted octanol–water partition coefficient (Wildman–Crippen LogP) is 1.01. The molecule has 20 heavy (non-hydrogen) atoms. The molecule has 0 aromatic heterocycles. The molecule has 1 N–H and O–H groups in total. The van der Waals surface area contributed by atoms with Gasteiger partial charge >= 0.3 is 0 Å². The molecule has 0 bridgehead atoms. The summed E-state index contributed by atoms with van der Waals surface area (Å²) >= 11 is 0. The lowest BCUT2D eigenvalue weighted by molar-refractivity contribution is -0.141. The third-order valence-corrected chi connectivity index (χ3v) is 4.61. The smallest absolute Gasteiger partial charge is 0.248 e. The molecule has 1 saturated heterocycles. The van der Waals surface area contributed by atoms with E-state index in [9.17, 15) is 9.59 Å². The fraction of sp³-hybridized carbons (Fsp3) is 0.867. The van der Waals surface area contributed by atoms with Crippen molar-refractivity contribution in [1.29, 1.82) is 0 Å². The maximum atomic E-state index is 12.2. The van der Waals surface area contributed by atoms with Crippen molar-refractivity contribution in [2.24, 2.45) is 5.92 Å². The molecule has 2 fully saturated rings. The first-order valence-electron chi connectivity index (χ1n) is 7.87. The van der Waals surface area contributed by atoms with Gasteiger partial charge in [0.15, 0.2) is 0 Å². The van der Waals surface area contributed by atoms with Gasteiger partial charge in [-0.1, -0.05) is 32.1 Å². The Morgan fingerprint density at radius 3 is 2.00 bits per heavy atom. The summed E-state index contributed by atoms with van der Waals surface area (Å²) in [6.45, 7) is 1.88. The lowest BCUT2D eigenvalue weighted by atomic mass is 9.86. The van der Waals surface area contributed by atoms with Crippen LogP contribution in [0.25, 0.3) is 0 Å². The number of carbonyl (C=O) groups excluding carboxylic acids is 2. The number of hydrogen-bond acceptors (Lipinski definition) is 3. The van der Waals surface area contributed by atoms with E-state index in [1.807, 2.05) is 4.90 Å². The van der Waals surface area contributed by atoms with Crippen LogP contribution in [0.4, 0.5) is 0 Å². The molecule has 0 radical (unpaired) electrons. The molecule has 0 aromatic carbocycles. The molecule has 5 nitrogen and oxygen atoms in total. The van der Waals surface area contributed by atoms with E-state index in [0.29, 0.717) is 32.6 Å². The maximum absolute atomic E-state index is 12.2. The van der Waals surface area contributed by atoms with E-state index in [1.54, 1.807) is 4.90 Å². The summed E-state index contributed by atoms with van der Waals surface area (Å²) in [6, 6.07) is 0. The van der Waals surface area contributed by atoms with Crippen molar-refractivity contribution in [3.05, 3.63) is 0 Å². The number of aliphatic hydroxyl groups excluding tert-OH is 1. The molecule has 2 aliphatic rings. The van der Waals surface area contributed by atoms with Gasteiger partial charge in [0.25, 0.3) is 0 Å². The molecule has 1 aliphatic carbocycles. The van der Waals surface area contributed by atoms with Gasteiger partial charge in [0.2, 0.25) is 11.8 Å². The minimum absolute atomic E-state index is 0.228. The normalized spacial score (nSPS) is 21.1. The number of amides is 2. The summed E-state index contributed by atoms with van der Waals surface area (Å²) in [5.74, 6) is 0.732. The number of piperazine rings is 1. The summed E-state index contributed by atoms with van der Waals surface area (Å²) in [5, 5.41) is 8.82. The molecule has 5 heteroatoms. The Labute approximate surface area is 120 Å². The van der Waals surface area contributed by atoms with Gasteiger partial charge in [-0.3, -0.25) is 9.59 Å². The van der Waals surface area contributed by atoms with Gasteiger partial charge in [-0.2, -0.15) is 0 Å². The highest BCUT2D eigenvalue weighted by atomic mass is 16.3. The molecule has 1 heterocycles. The Balaban J connectivity index is 1.67. The Morgan fingerprint density at radius 1 is 0.900 bits per heavy atom. The van der Waals surface area contributed by atoms with Crippen LogP contribution in [0.5, 0.6) is 0 Å². The first-order valence-corrected chi connectivity index (χ1v) is 7.87. The Hall–Kier alpha value is -1.10. The Kier molecular flexibility index (Phi) is 5.83. The van der Waals surface area contributed by atoms with Crippen LogP contribution in [0.1, 0.15) is 44.9 Å². The fourth-order valence-corrected chi connectivity index (χ4v) is 3.27. The molecule has 2 amide bonds. The SMILES string of the molecule is O=C(CO)N1CCN(C(=O)CCC2CCCCC2)CC1. The van der Waals surface area contributed by atoms with Crippen LogP contribution in [0.15, 0.2) is 0 Å². The van der Waals surface area contributed by atoms with Crippen LogP contribution in [0.2, 0.25) is 0 Å². The Morgan fingerprint density at radius 2 is 1.45 bits per heavy atom. The molecule has 0 atom stereocenters. The van der Waals surface area contributed by atoms with E-state index in [2.05, 4.69) is 0 Å². The lowest BCUT2D eigenvalue weighted by Crippen LogP contribution is -2.51. The monoisotopic (exact) mass is 282 g/mol. The first-order chi connectivity index (χ1) is 9.70. The molecule has 1 saturated carbocycles. The third kappa shape index (κ3) is 4.20. The van der Waals surface area contributed by atoms with Crippen molar-refractivity contribution in [2.45, 2.75) is 44.9 Å². The van der Waals surface area contributed by atoms with Gasteiger partial charge < -0.3 is 14.9 Å². The van der Waals surface area contributed by atoms with Crippen LogP contribution < -0.4 is 0 Å². The molecular formula is C15H26N2O3. The highest BCUT2D eigenvalue weighted by Gasteiger charge is 2.24. The number of rotatable bonds is 4. The molecule has 1 aliphatic heterocycles. The van der Waals surface area contributed by atoms with Gasteiger partial charge in [-0.25, -0.2) is 0 Å². The molecule has 114 valence electrons. The van der Waals surface area contributed by atoms with Crippen LogP contribution in [0.3, 0.4) is 0 Å². The largest absolute Gasteiger partial charge is 0.387 e. The van der Waals surface area contributed by atoms with E-state index < -0.39 is 6.61 Å². The first kappa shape index (κ1) is 15.3. The van der Waals surface area contributed by atoms with Crippen molar-refractivity contribution in [2.75, 3.05) is 32.8 Å². The highest BCUT2D eigenvalue weighted by molar-refractivity contribution is 5.79. The second kappa shape index (κ2) is 7.62. The minimum atomic E-state index is -0.435. The quantitative estimate of drug-likeness (QED) is 0.837. The minimum Gasteiger partial charge on any atom is -0.387 e. The van der Waals surface area contributed by atoms with Gasteiger partial charge in [0.1, 0.15) is 6.61 Å². The van der Waals surface area contributed by atoms with E-state index in [-0.39, 0.29) is 11.8 Å². The van der Waals surface area contributed by atoms with Gasteiger partial charge in [-0.05, 0) is 12.3 Å². The van der Waals surface area contributed by atoms with Crippen molar-refractivity contribution in [3.63, 3.8) is 0 Å². The fourth-order valence-electron chi connectivity index (χ4n) is 3.27. The lowest BCUT2D eigenvalue weighted by Gasteiger charge is -2.34. The van der Waals surface area contributed by atoms with Crippen molar-refractivity contribution in [1.82, 2.24) is 9.80 Å². The summed E-state index contributed by atoms with van der Waals surface area (Å²) in [4.78, 5) is 27.0. The summed E-state index contributed by atoms with van der Waals surface area (Å²) in [6.07, 6.45) is 8.23. The van der Waals surface area contributed by atoms with Gasteiger partial charge in [-0.15, -0.1) is 0 Å². The van der Waals surface area contributed by atoms with Gasteiger partial charge in [0, 0.05) is 32.6 Å². The molecule has 0 aromatic rings. The topological polar surface area (TPSA) is 60.9 Å². The summed E-state index contributed by atoms with van der Waals surface area (Å²) < 4.78 is 0. The number of nitrogens with zero attached hydrogens (tertiary/aromatic N) is 2. The zero-order valence-corrected chi connectivity index (χ0v) is 12.2. The highest BCUT2D eigenvalue weighted by Crippen LogP contribution is 2.27. The summed E-state index contributed by atoms with van der Waals surface area (Å²) in [5.41, 5.74) is 0. The Bertz CT molecular complexity index is 332.